The molecule has 286 valence electrons. The highest BCUT2D eigenvalue weighted by Gasteiger charge is 2.54. The standard InChI is InChI=1S/C41H46N8O6/c1-40(2)15-30-29-14-26(8-10-33(29)49(28-9-7-25(13-28)16-42)35(30)27-5-3-11-43-17-27)32-18-54-37(45-32)36(47-19-41(20-47)22-53-23-41)34(44-24-50)38(51)48-12-4-6-31(46-48)39(52)55-21-40/h3,5,8,10-11,14,17-18,24-25,28,31,34,36,46H,4,6-7,9,12-13,15,19-23H2,1-2H3,(H,44,50)/t25-,28+,31-,34-,36-/m0/s1. The number of fused-ring (bicyclic) bond motifs is 6. The van der Waals surface area contributed by atoms with E-state index in [0.29, 0.717) is 70.1 Å². The maximum absolute atomic E-state index is 14.4. The second-order valence-corrected chi connectivity index (χ2v) is 16.9. The number of pyridine rings is 1. The molecule has 5 aliphatic rings. The number of ether oxygens (including phenoxy) is 2. The number of oxazole rings is 1. The van der Waals surface area contributed by atoms with Crippen LogP contribution < -0.4 is 10.7 Å². The number of nitrogens with zero attached hydrogens (tertiary/aromatic N) is 6. The van der Waals surface area contributed by atoms with E-state index in [1.807, 2.05) is 18.3 Å². The Morgan fingerprint density at radius 3 is 2.67 bits per heavy atom. The van der Waals surface area contributed by atoms with Gasteiger partial charge >= 0.3 is 5.97 Å². The smallest absolute Gasteiger partial charge is 0.324 e. The number of benzene rings is 1. The van der Waals surface area contributed by atoms with Gasteiger partial charge in [0.15, 0.2) is 0 Å². The summed E-state index contributed by atoms with van der Waals surface area (Å²) in [6.45, 7) is 7.31. The van der Waals surface area contributed by atoms with Gasteiger partial charge in [0.25, 0.3) is 5.91 Å². The molecule has 0 radical (unpaired) electrons. The Hall–Kier alpha value is -5.10. The van der Waals surface area contributed by atoms with Crippen LogP contribution in [-0.2, 0) is 30.3 Å². The maximum Gasteiger partial charge on any atom is 0.324 e. The largest absolute Gasteiger partial charge is 0.464 e. The summed E-state index contributed by atoms with van der Waals surface area (Å²) >= 11 is 0. The average Bonchev–Trinajstić information content (AvgIpc) is 3.91. The minimum atomic E-state index is -1.05. The van der Waals surface area contributed by atoms with Crippen molar-refractivity contribution in [2.24, 2.45) is 16.7 Å². The lowest BCUT2D eigenvalue weighted by Crippen LogP contribution is -2.69. The van der Waals surface area contributed by atoms with Crippen LogP contribution in [0.4, 0.5) is 0 Å². The van der Waals surface area contributed by atoms with Crippen molar-refractivity contribution in [2.45, 2.75) is 76.5 Å². The summed E-state index contributed by atoms with van der Waals surface area (Å²) < 4.78 is 20.3. The van der Waals surface area contributed by atoms with Crippen LogP contribution in [-0.4, -0.2) is 94.3 Å². The summed E-state index contributed by atoms with van der Waals surface area (Å²) in [7, 11) is 0. The quantitative estimate of drug-likeness (QED) is 0.220. The van der Waals surface area contributed by atoms with Crippen molar-refractivity contribution in [1.82, 2.24) is 35.2 Å². The zero-order valence-electron chi connectivity index (χ0n) is 31.2. The average molecular weight is 747 g/mol. The van der Waals surface area contributed by atoms with Crippen molar-refractivity contribution in [2.75, 3.05) is 39.5 Å². The van der Waals surface area contributed by atoms with Crippen molar-refractivity contribution in [3.05, 3.63) is 60.4 Å². The van der Waals surface area contributed by atoms with E-state index in [9.17, 15) is 19.6 Å². The molecule has 4 aliphatic heterocycles. The number of aromatic nitrogens is 3. The number of rotatable bonds is 5. The molecule has 14 heteroatoms. The molecule has 1 saturated carbocycles. The second kappa shape index (κ2) is 13.9. The molecule has 1 spiro atoms. The SMILES string of the molecule is CC1(C)COC(=O)[C@@H]2CCCN(N2)C(=O)[C@@H](NC=O)[C@H](N2CC3(COC3)C2)c2nc(co2)-c2ccc3c(c2)c(c(-c2cccnc2)n3[C@@H]2CC[C@H](C#N)C2)C1. The van der Waals surface area contributed by atoms with Crippen LogP contribution in [0, 0.1) is 28.1 Å². The topological polar surface area (TPSA) is 168 Å². The molecule has 14 nitrogen and oxygen atoms in total. The molecule has 2 amide bonds. The van der Waals surface area contributed by atoms with Crippen LogP contribution in [0.1, 0.15) is 69.5 Å². The molecule has 5 atom stereocenters. The number of esters is 1. The molecule has 9 rings (SSSR count). The molecular formula is C41H46N8O6. The molecule has 2 N–H and O–H groups in total. The molecule has 1 aromatic carbocycles. The maximum atomic E-state index is 14.4. The number of hydrazine groups is 1. The second-order valence-electron chi connectivity index (χ2n) is 16.9. The summed E-state index contributed by atoms with van der Waals surface area (Å²) in [6.07, 6.45) is 9.97. The molecule has 3 saturated heterocycles. The Kier molecular flexibility index (Phi) is 8.98. The Balaban J connectivity index is 1.21. The van der Waals surface area contributed by atoms with Gasteiger partial charge in [-0.1, -0.05) is 19.9 Å². The van der Waals surface area contributed by atoms with Crippen LogP contribution in [0.5, 0.6) is 0 Å². The first-order valence-corrected chi connectivity index (χ1v) is 19.3. The Labute approximate surface area is 319 Å². The van der Waals surface area contributed by atoms with Gasteiger partial charge in [-0.05, 0) is 68.4 Å². The van der Waals surface area contributed by atoms with Crippen LogP contribution in [0.25, 0.3) is 33.4 Å². The number of carbonyl (C=O) groups is 3. The molecule has 3 aromatic heterocycles. The number of nitriles is 1. The van der Waals surface area contributed by atoms with Gasteiger partial charge in [0, 0.05) is 76.8 Å². The van der Waals surface area contributed by atoms with E-state index < -0.39 is 29.5 Å². The van der Waals surface area contributed by atoms with E-state index in [1.54, 1.807) is 12.5 Å². The van der Waals surface area contributed by atoms with E-state index in [2.05, 4.69) is 63.3 Å². The number of likely N-dealkylation sites (tertiary alicyclic amines) is 1. The zero-order valence-corrected chi connectivity index (χ0v) is 31.2. The summed E-state index contributed by atoms with van der Waals surface area (Å²) in [6, 6.07) is 10.5. The van der Waals surface area contributed by atoms with Gasteiger partial charge in [0.05, 0.1) is 31.6 Å². The number of hydrogen-bond donors (Lipinski definition) is 2. The number of carbonyl (C=O) groups excluding carboxylic acids is 3. The number of cyclic esters (lactones) is 1. The van der Waals surface area contributed by atoms with Gasteiger partial charge in [0.1, 0.15) is 30.1 Å². The van der Waals surface area contributed by atoms with Crippen LogP contribution in [0.3, 0.4) is 0 Å². The highest BCUT2D eigenvalue weighted by Crippen LogP contribution is 2.47. The lowest BCUT2D eigenvalue weighted by Gasteiger charge is -2.57. The normalized spacial score (nSPS) is 27.8. The monoisotopic (exact) mass is 746 g/mol. The van der Waals surface area contributed by atoms with Crippen LogP contribution in [0.2, 0.25) is 0 Å². The van der Waals surface area contributed by atoms with Crippen LogP contribution >= 0.6 is 0 Å². The van der Waals surface area contributed by atoms with Gasteiger partial charge in [-0.2, -0.15) is 5.26 Å². The van der Waals surface area contributed by atoms with Gasteiger partial charge in [-0.3, -0.25) is 29.3 Å². The van der Waals surface area contributed by atoms with Gasteiger partial charge in [-0.25, -0.2) is 10.4 Å². The summed E-state index contributed by atoms with van der Waals surface area (Å²) in [5, 5.41) is 15.1. The fraction of sp³-hybridized carbons (Fsp3) is 0.512. The van der Waals surface area contributed by atoms with Crippen molar-refractivity contribution in [1.29, 1.82) is 5.26 Å². The predicted octanol–water partition coefficient (Wildman–Crippen LogP) is 4.33. The number of amides is 2. The minimum Gasteiger partial charge on any atom is -0.464 e. The summed E-state index contributed by atoms with van der Waals surface area (Å²) in [4.78, 5) is 51.9. The van der Waals surface area contributed by atoms with E-state index in [0.717, 1.165) is 52.5 Å². The highest BCUT2D eigenvalue weighted by atomic mass is 16.5. The summed E-state index contributed by atoms with van der Waals surface area (Å²) in [5.74, 6) is -0.516. The third-order valence-corrected chi connectivity index (χ3v) is 12.2. The van der Waals surface area contributed by atoms with E-state index in [1.165, 1.54) is 5.01 Å². The lowest BCUT2D eigenvalue weighted by molar-refractivity contribution is -0.204. The fourth-order valence-corrected chi connectivity index (χ4v) is 9.43. The van der Waals surface area contributed by atoms with Gasteiger partial charge in [0.2, 0.25) is 12.3 Å². The third kappa shape index (κ3) is 6.37. The Morgan fingerprint density at radius 2 is 1.95 bits per heavy atom. The summed E-state index contributed by atoms with van der Waals surface area (Å²) in [5.41, 5.74) is 8.28. The van der Waals surface area contributed by atoms with Crippen molar-refractivity contribution in [3.8, 4) is 28.6 Å². The number of hydrogen-bond acceptors (Lipinski definition) is 11. The van der Waals surface area contributed by atoms with Crippen molar-refractivity contribution >= 4 is 29.2 Å². The molecule has 55 heavy (non-hydrogen) atoms. The highest BCUT2D eigenvalue weighted by molar-refractivity contribution is 5.95. The molecular weight excluding hydrogens is 701 g/mol. The number of nitrogens with one attached hydrogen (secondary N) is 2. The molecule has 7 heterocycles. The van der Waals surface area contributed by atoms with E-state index >= 15 is 0 Å². The molecule has 4 aromatic rings. The molecule has 0 unspecified atom stereocenters. The minimum absolute atomic E-state index is 0.00929. The molecule has 1 aliphatic carbocycles. The predicted molar refractivity (Wildman–Crippen MR) is 200 cm³/mol. The fourth-order valence-electron chi connectivity index (χ4n) is 9.43. The Morgan fingerprint density at radius 1 is 1.09 bits per heavy atom. The van der Waals surface area contributed by atoms with Gasteiger partial charge < -0.3 is 23.8 Å². The zero-order chi connectivity index (χ0) is 37.9. The third-order valence-electron chi connectivity index (χ3n) is 12.2. The van der Waals surface area contributed by atoms with E-state index in [-0.39, 0.29) is 29.9 Å². The Bertz CT molecular complexity index is 2160. The first kappa shape index (κ1) is 35.6. The first-order valence-electron chi connectivity index (χ1n) is 19.3. The van der Waals surface area contributed by atoms with Crippen molar-refractivity contribution in [3.63, 3.8) is 0 Å². The first-order chi connectivity index (χ1) is 26.7. The van der Waals surface area contributed by atoms with Crippen molar-refractivity contribution < 1.29 is 28.3 Å². The molecule has 6 bridgehead atoms. The van der Waals surface area contributed by atoms with Gasteiger partial charge in [-0.15, -0.1) is 0 Å². The van der Waals surface area contributed by atoms with E-state index in [4.69, 9.17) is 18.9 Å². The lowest BCUT2D eigenvalue weighted by atomic mass is 9.76. The molecule has 4 fully saturated rings. The van der Waals surface area contributed by atoms with Crippen LogP contribution in [0.15, 0.2) is 53.4 Å².